The summed E-state index contributed by atoms with van der Waals surface area (Å²) in [5.74, 6) is -0.108. The lowest BCUT2D eigenvalue weighted by molar-refractivity contribution is -0.140. The van der Waals surface area contributed by atoms with Crippen molar-refractivity contribution in [2.45, 2.75) is 52.5 Å². The summed E-state index contributed by atoms with van der Waals surface area (Å²) >= 11 is 0. The molecule has 0 heterocycles. The molecule has 0 saturated carbocycles. The van der Waals surface area contributed by atoms with Crippen molar-refractivity contribution < 1.29 is 14.7 Å². The van der Waals surface area contributed by atoms with E-state index < -0.39 is 5.41 Å². The summed E-state index contributed by atoms with van der Waals surface area (Å²) in [6.45, 7) is 6.34. The molecule has 0 bridgehead atoms. The average molecular weight is 287 g/mol. The Morgan fingerprint density at radius 1 is 1.40 bits per heavy atom. The third-order valence-electron chi connectivity index (χ3n) is 3.75. The van der Waals surface area contributed by atoms with E-state index in [1.807, 2.05) is 20.8 Å². The highest BCUT2D eigenvalue weighted by atomic mass is 16.5. The predicted octanol–water partition coefficient (Wildman–Crippen LogP) is 1.81. The van der Waals surface area contributed by atoms with E-state index >= 15 is 0 Å². The van der Waals surface area contributed by atoms with Crippen LogP contribution in [0.3, 0.4) is 0 Å². The fourth-order valence-electron chi connectivity index (χ4n) is 2.54. The van der Waals surface area contributed by atoms with Crippen LogP contribution in [0.25, 0.3) is 0 Å². The average Bonchev–Trinajstić information content (AvgIpc) is 2.44. The van der Waals surface area contributed by atoms with Crippen molar-refractivity contribution >= 4 is 11.7 Å². The van der Waals surface area contributed by atoms with Gasteiger partial charge in [-0.3, -0.25) is 4.79 Å². The predicted molar refractivity (Wildman–Crippen MR) is 79.8 cm³/mol. The first kappa shape index (κ1) is 18.7. The molecule has 1 amide bonds. The van der Waals surface area contributed by atoms with Crippen LogP contribution in [0, 0.1) is 5.41 Å². The molecule has 0 rings (SSSR count). The molecule has 3 N–H and O–H groups in total. The van der Waals surface area contributed by atoms with E-state index in [0.717, 1.165) is 12.8 Å². The Morgan fingerprint density at radius 3 is 2.25 bits per heavy atom. The maximum Gasteiger partial charge on any atom is 0.236 e. The summed E-state index contributed by atoms with van der Waals surface area (Å²) in [5.41, 5.74) is 4.94. The molecule has 0 aromatic carbocycles. The van der Waals surface area contributed by atoms with Gasteiger partial charge in [0.25, 0.3) is 0 Å². The molecule has 6 nitrogen and oxygen atoms in total. The maximum absolute atomic E-state index is 12.9. The standard InChI is InChI=1S/C14H29N3O3/c1-6-8-14(9-7-2,12(15)16-19)13(18)17(4)11(3)10-20-5/h11,19H,6-10H2,1-5H3,(H2,15,16). The number of carbonyl (C=O) groups is 1. The second-order valence-electron chi connectivity index (χ2n) is 5.29. The van der Waals surface area contributed by atoms with Crippen molar-refractivity contribution in [3.05, 3.63) is 0 Å². The molecule has 0 aliphatic heterocycles. The highest BCUT2D eigenvalue weighted by Crippen LogP contribution is 2.33. The lowest BCUT2D eigenvalue weighted by atomic mass is 9.76. The van der Waals surface area contributed by atoms with E-state index in [-0.39, 0.29) is 17.8 Å². The monoisotopic (exact) mass is 287 g/mol. The number of hydrogen-bond acceptors (Lipinski definition) is 4. The number of methoxy groups -OCH3 is 1. The van der Waals surface area contributed by atoms with Gasteiger partial charge in [0.15, 0.2) is 5.84 Å². The van der Waals surface area contributed by atoms with Crippen LogP contribution >= 0.6 is 0 Å². The molecule has 0 saturated heterocycles. The third kappa shape index (κ3) is 4.10. The highest BCUT2D eigenvalue weighted by molar-refractivity contribution is 6.06. The number of nitrogens with zero attached hydrogens (tertiary/aromatic N) is 2. The lowest BCUT2D eigenvalue weighted by Crippen LogP contribution is -2.53. The molecule has 0 aromatic heterocycles. The van der Waals surface area contributed by atoms with E-state index in [9.17, 15) is 4.79 Å². The van der Waals surface area contributed by atoms with Crippen molar-refractivity contribution in [3.8, 4) is 0 Å². The second-order valence-corrected chi connectivity index (χ2v) is 5.29. The summed E-state index contributed by atoms with van der Waals surface area (Å²) in [7, 11) is 3.33. The van der Waals surface area contributed by atoms with Crippen molar-refractivity contribution in [2.24, 2.45) is 16.3 Å². The van der Waals surface area contributed by atoms with E-state index in [0.29, 0.717) is 19.4 Å². The zero-order valence-corrected chi connectivity index (χ0v) is 13.3. The maximum atomic E-state index is 12.9. The van der Waals surface area contributed by atoms with Gasteiger partial charge in [0.1, 0.15) is 5.41 Å². The fourth-order valence-corrected chi connectivity index (χ4v) is 2.54. The topological polar surface area (TPSA) is 88.2 Å². The molecule has 0 aromatic rings. The Bertz CT molecular complexity index is 326. The van der Waals surface area contributed by atoms with Gasteiger partial charge in [-0.1, -0.05) is 31.8 Å². The lowest BCUT2D eigenvalue weighted by Gasteiger charge is -2.37. The summed E-state index contributed by atoms with van der Waals surface area (Å²) in [6.07, 6.45) is 2.71. The Balaban J connectivity index is 5.44. The molecular weight excluding hydrogens is 258 g/mol. The van der Waals surface area contributed by atoms with Crippen molar-refractivity contribution in [3.63, 3.8) is 0 Å². The number of oxime groups is 1. The highest BCUT2D eigenvalue weighted by Gasteiger charge is 2.44. The Hall–Kier alpha value is -1.30. The van der Waals surface area contributed by atoms with Crippen molar-refractivity contribution in [1.82, 2.24) is 4.90 Å². The molecule has 0 fully saturated rings. The van der Waals surface area contributed by atoms with Crippen molar-refractivity contribution in [2.75, 3.05) is 20.8 Å². The summed E-state index contributed by atoms with van der Waals surface area (Å²) in [4.78, 5) is 14.5. The van der Waals surface area contributed by atoms with E-state index in [1.165, 1.54) is 0 Å². The van der Waals surface area contributed by atoms with Gasteiger partial charge in [0, 0.05) is 14.2 Å². The zero-order valence-electron chi connectivity index (χ0n) is 13.3. The van der Waals surface area contributed by atoms with Gasteiger partial charge in [0.2, 0.25) is 5.91 Å². The van der Waals surface area contributed by atoms with Crippen LogP contribution in [0.5, 0.6) is 0 Å². The van der Waals surface area contributed by atoms with Gasteiger partial charge >= 0.3 is 0 Å². The van der Waals surface area contributed by atoms with Gasteiger partial charge < -0.3 is 20.6 Å². The second kappa shape index (κ2) is 8.79. The first-order valence-electron chi connectivity index (χ1n) is 7.15. The van der Waals surface area contributed by atoms with Crippen LogP contribution in [0.1, 0.15) is 46.5 Å². The van der Waals surface area contributed by atoms with Gasteiger partial charge in [-0.2, -0.15) is 0 Å². The summed E-state index contributed by atoms with van der Waals surface area (Å²) < 4.78 is 5.09. The van der Waals surface area contributed by atoms with Gasteiger partial charge in [-0.25, -0.2) is 0 Å². The quantitative estimate of drug-likeness (QED) is 0.293. The van der Waals surface area contributed by atoms with Crippen LogP contribution < -0.4 is 5.73 Å². The zero-order chi connectivity index (χ0) is 15.8. The number of nitrogens with two attached hydrogens (primary N) is 1. The number of amidine groups is 1. The molecule has 0 radical (unpaired) electrons. The molecule has 1 unspecified atom stereocenters. The van der Waals surface area contributed by atoms with Crippen LogP contribution in [-0.4, -0.2) is 48.7 Å². The summed E-state index contributed by atoms with van der Waals surface area (Å²) in [6, 6.07) is -0.0629. The first-order valence-corrected chi connectivity index (χ1v) is 7.15. The first-order chi connectivity index (χ1) is 9.41. The smallest absolute Gasteiger partial charge is 0.236 e. The number of likely N-dealkylation sites (N-methyl/N-ethyl adjacent to an activating group) is 1. The summed E-state index contributed by atoms with van der Waals surface area (Å²) in [5, 5.41) is 12.2. The Labute approximate surface area is 122 Å². The van der Waals surface area contributed by atoms with Crippen LogP contribution in [0.4, 0.5) is 0 Å². The number of hydrogen-bond donors (Lipinski definition) is 2. The number of rotatable bonds is 9. The molecular formula is C14H29N3O3. The Morgan fingerprint density at radius 2 is 1.90 bits per heavy atom. The minimum Gasteiger partial charge on any atom is -0.409 e. The van der Waals surface area contributed by atoms with Crippen molar-refractivity contribution in [1.29, 1.82) is 0 Å². The molecule has 0 aliphatic carbocycles. The number of ether oxygens (including phenoxy) is 1. The Kier molecular flexibility index (Phi) is 8.22. The molecule has 0 spiro atoms. The van der Waals surface area contributed by atoms with Crippen LogP contribution in [-0.2, 0) is 9.53 Å². The van der Waals surface area contributed by atoms with Crippen LogP contribution in [0.15, 0.2) is 5.16 Å². The number of carbonyl (C=O) groups excluding carboxylic acids is 1. The van der Waals surface area contributed by atoms with Crippen LogP contribution in [0.2, 0.25) is 0 Å². The molecule has 118 valence electrons. The molecule has 0 aliphatic rings. The van der Waals surface area contributed by atoms with E-state index in [2.05, 4.69) is 5.16 Å². The van der Waals surface area contributed by atoms with Gasteiger partial charge in [-0.15, -0.1) is 0 Å². The molecule has 20 heavy (non-hydrogen) atoms. The van der Waals surface area contributed by atoms with Gasteiger partial charge in [0.05, 0.1) is 12.6 Å². The van der Waals surface area contributed by atoms with Gasteiger partial charge in [-0.05, 0) is 19.8 Å². The molecule has 6 heteroatoms. The SMILES string of the molecule is CCCC(CCC)(C(=O)N(C)C(C)COC)C(N)=NO. The van der Waals surface area contributed by atoms with E-state index in [1.54, 1.807) is 19.1 Å². The largest absolute Gasteiger partial charge is 0.409 e. The minimum atomic E-state index is -0.922. The number of amides is 1. The third-order valence-corrected chi connectivity index (χ3v) is 3.75. The molecule has 1 atom stereocenters. The minimum absolute atomic E-state index is 0.00247. The fraction of sp³-hybridized carbons (Fsp3) is 0.857. The van der Waals surface area contributed by atoms with E-state index in [4.69, 9.17) is 15.7 Å². The normalized spacial score (nSPS) is 14.2.